The highest BCUT2D eigenvalue weighted by Gasteiger charge is 2.15. The Morgan fingerprint density at radius 3 is 2.67 bits per heavy atom. The van der Waals surface area contributed by atoms with Gasteiger partial charge in [-0.1, -0.05) is 18.2 Å². The van der Waals surface area contributed by atoms with Gasteiger partial charge in [0, 0.05) is 18.3 Å². The maximum atomic E-state index is 13.8. The van der Waals surface area contributed by atoms with Gasteiger partial charge < -0.3 is 10.0 Å². The number of aromatic nitrogens is 1. The molecular formula is C14H15FN2O. The van der Waals surface area contributed by atoms with E-state index in [1.807, 2.05) is 6.92 Å². The zero-order valence-electron chi connectivity index (χ0n) is 10.2. The van der Waals surface area contributed by atoms with Crippen molar-refractivity contribution in [2.75, 3.05) is 11.4 Å². The topological polar surface area (TPSA) is 36.4 Å². The van der Waals surface area contributed by atoms with Crippen LogP contribution in [0.15, 0.2) is 42.6 Å². The lowest BCUT2D eigenvalue weighted by molar-refractivity contribution is 0.282. The van der Waals surface area contributed by atoms with Crippen molar-refractivity contribution < 1.29 is 9.50 Å². The van der Waals surface area contributed by atoms with Gasteiger partial charge in [-0.15, -0.1) is 0 Å². The normalized spacial score (nSPS) is 10.4. The number of halogens is 1. The summed E-state index contributed by atoms with van der Waals surface area (Å²) in [6, 6.07) is 10.1. The monoisotopic (exact) mass is 246 g/mol. The SMILES string of the molecule is CCN(c1ccccc1F)c1ncccc1CO. The second-order valence-electron chi connectivity index (χ2n) is 3.84. The Kier molecular flexibility index (Phi) is 3.89. The van der Waals surface area contributed by atoms with E-state index in [1.165, 1.54) is 6.07 Å². The van der Waals surface area contributed by atoms with Crippen molar-refractivity contribution >= 4 is 11.5 Å². The Labute approximate surface area is 106 Å². The van der Waals surface area contributed by atoms with Gasteiger partial charge in [0.15, 0.2) is 0 Å². The average molecular weight is 246 g/mol. The summed E-state index contributed by atoms with van der Waals surface area (Å²) in [5.41, 5.74) is 1.15. The number of para-hydroxylation sites is 1. The number of aliphatic hydroxyl groups is 1. The van der Waals surface area contributed by atoms with Crippen molar-refractivity contribution in [1.82, 2.24) is 4.98 Å². The molecule has 0 amide bonds. The van der Waals surface area contributed by atoms with Crippen LogP contribution in [-0.4, -0.2) is 16.6 Å². The van der Waals surface area contributed by atoms with Crippen LogP contribution in [-0.2, 0) is 6.61 Å². The van der Waals surface area contributed by atoms with Gasteiger partial charge in [-0.3, -0.25) is 0 Å². The maximum absolute atomic E-state index is 13.8. The second-order valence-corrected chi connectivity index (χ2v) is 3.84. The Bertz CT molecular complexity index is 531. The number of hydrogen-bond acceptors (Lipinski definition) is 3. The molecule has 0 atom stereocenters. The van der Waals surface area contributed by atoms with Crippen LogP contribution in [0.4, 0.5) is 15.9 Å². The lowest BCUT2D eigenvalue weighted by atomic mass is 10.2. The summed E-state index contributed by atoms with van der Waals surface area (Å²) in [5.74, 6) is 0.293. The van der Waals surface area contributed by atoms with Crippen LogP contribution in [0.1, 0.15) is 12.5 Å². The molecule has 0 aliphatic rings. The minimum atomic E-state index is -0.297. The summed E-state index contributed by atoms with van der Waals surface area (Å²) in [5, 5.41) is 9.32. The van der Waals surface area contributed by atoms with E-state index in [0.29, 0.717) is 23.6 Å². The maximum Gasteiger partial charge on any atom is 0.146 e. The fraction of sp³-hybridized carbons (Fsp3) is 0.214. The first-order chi connectivity index (χ1) is 8.77. The Morgan fingerprint density at radius 1 is 1.22 bits per heavy atom. The standard InChI is InChI=1S/C14H15FN2O/c1-2-17(13-8-4-3-7-12(13)15)14-11(10-18)6-5-9-16-14/h3-9,18H,2,10H2,1H3. The molecule has 0 fully saturated rings. The summed E-state index contributed by atoms with van der Waals surface area (Å²) >= 11 is 0. The molecule has 1 aromatic carbocycles. The lowest BCUT2D eigenvalue weighted by Gasteiger charge is -2.24. The van der Waals surface area contributed by atoms with Crippen molar-refractivity contribution in [2.45, 2.75) is 13.5 Å². The molecule has 0 spiro atoms. The van der Waals surface area contributed by atoms with Gasteiger partial charge >= 0.3 is 0 Å². The number of rotatable bonds is 4. The highest BCUT2D eigenvalue weighted by atomic mass is 19.1. The van der Waals surface area contributed by atoms with Gasteiger partial charge in [0.25, 0.3) is 0 Å². The van der Waals surface area contributed by atoms with Gasteiger partial charge in [0.2, 0.25) is 0 Å². The van der Waals surface area contributed by atoms with Crippen LogP contribution >= 0.6 is 0 Å². The van der Waals surface area contributed by atoms with Crippen LogP contribution in [0.3, 0.4) is 0 Å². The minimum absolute atomic E-state index is 0.117. The molecule has 1 aromatic heterocycles. The molecule has 0 saturated carbocycles. The summed E-state index contributed by atoms with van der Waals surface area (Å²) in [6.07, 6.45) is 1.64. The molecule has 2 rings (SSSR count). The fourth-order valence-electron chi connectivity index (χ4n) is 1.90. The first-order valence-electron chi connectivity index (χ1n) is 5.84. The summed E-state index contributed by atoms with van der Waals surface area (Å²) in [7, 11) is 0. The number of pyridine rings is 1. The molecule has 3 nitrogen and oxygen atoms in total. The lowest BCUT2D eigenvalue weighted by Crippen LogP contribution is -2.20. The third-order valence-corrected chi connectivity index (χ3v) is 2.75. The Morgan fingerprint density at radius 2 is 2.00 bits per heavy atom. The van der Waals surface area contributed by atoms with E-state index < -0.39 is 0 Å². The number of nitrogens with zero attached hydrogens (tertiary/aromatic N) is 2. The molecule has 94 valence electrons. The summed E-state index contributed by atoms with van der Waals surface area (Å²) in [6.45, 7) is 2.38. The molecule has 18 heavy (non-hydrogen) atoms. The predicted octanol–water partition coefficient (Wildman–Crippen LogP) is 2.87. The van der Waals surface area contributed by atoms with Gasteiger partial charge in [0.05, 0.1) is 12.3 Å². The third-order valence-electron chi connectivity index (χ3n) is 2.75. The minimum Gasteiger partial charge on any atom is -0.392 e. The van der Waals surface area contributed by atoms with E-state index in [1.54, 1.807) is 41.4 Å². The zero-order chi connectivity index (χ0) is 13.0. The number of hydrogen-bond donors (Lipinski definition) is 1. The first kappa shape index (κ1) is 12.5. The van der Waals surface area contributed by atoms with E-state index in [4.69, 9.17) is 0 Å². The fourth-order valence-corrected chi connectivity index (χ4v) is 1.90. The van der Waals surface area contributed by atoms with Crippen LogP contribution < -0.4 is 4.90 Å². The largest absolute Gasteiger partial charge is 0.392 e. The van der Waals surface area contributed by atoms with Gasteiger partial charge in [0.1, 0.15) is 11.6 Å². The smallest absolute Gasteiger partial charge is 0.146 e. The molecule has 0 radical (unpaired) electrons. The van der Waals surface area contributed by atoms with Crippen molar-refractivity contribution in [2.24, 2.45) is 0 Å². The Balaban J connectivity index is 2.49. The molecule has 0 unspecified atom stereocenters. The van der Waals surface area contributed by atoms with Crippen molar-refractivity contribution in [1.29, 1.82) is 0 Å². The molecule has 0 aliphatic carbocycles. The summed E-state index contributed by atoms with van der Waals surface area (Å²) in [4.78, 5) is 5.99. The highest BCUT2D eigenvalue weighted by molar-refractivity contribution is 5.63. The zero-order valence-corrected chi connectivity index (χ0v) is 10.2. The second kappa shape index (κ2) is 5.60. The van der Waals surface area contributed by atoms with E-state index in [-0.39, 0.29) is 12.4 Å². The van der Waals surface area contributed by atoms with Gasteiger partial charge in [-0.2, -0.15) is 0 Å². The molecule has 1 heterocycles. The van der Waals surface area contributed by atoms with E-state index in [9.17, 15) is 9.50 Å². The molecule has 0 bridgehead atoms. The first-order valence-corrected chi connectivity index (χ1v) is 5.84. The molecule has 1 N–H and O–H groups in total. The highest BCUT2D eigenvalue weighted by Crippen LogP contribution is 2.28. The third kappa shape index (κ3) is 2.33. The predicted molar refractivity (Wildman–Crippen MR) is 69.2 cm³/mol. The van der Waals surface area contributed by atoms with Crippen molar-refractivity contribution in [3.63, 3.8) is 0 Å². The number of anilines is 2. The molecule has 4 heteroatoms. The number of benzene rings is 1. The Hall–Kier alpha value is -1.94. The van der Waals surface area contributed by atoms with Crippen molar-refractivity contribution in [3.05, 3.63) is 54.0 Å². The van der Waals surface area contributed by atoms with E-state index in [2.05, 4.69) is 4.98 Å². The van der Waals surface area contributed by atoms with Gasteiger partial charge in [-0.25, -0.2) is 9.37 Å². The van der Waals surface area contributed by atoms with Crippen LogP contribution in [0.25, 0.3) is 0 Å². The summed E-state index contributed by atoms with van der Waals surface area (Å²) < 4.78 is 13.8. The van der Waals surface area contributed by atoms with Gasteiger partial charge in [-0.05, 0) is 25.1 Å². The number of aliphatic hydroxyl groups excluding tert-OH is 1. The van der Waals surface area contributed by atoms with E-state index >= 15 is 0 Å². The van der Waals surface area contributed by atoms with Crippen LogP contribution in [0.5, 0.6) is 0 Å². The van der Waals surface area contributed by atoms with Crippen LogP contribution in [0.2, 0.25) is 0 Å². The average Bonchev–Trinajstić information content (AvgIpc) is 2.42. The van der Waals surface area contributed by atoms with Crippen LogP contribution in [0, 0.1) is 5.82 Å². The quantitative estimate of drug-likeness (QED) is 0.901. The molecule has 2 aromatic rings. The van der Waals surface area contributed by atoms with Crippen molar-refractivity contribution in [3.8, 4) is 0 Å². The molecule has 0 aliphatic heterocycles. The molecular weight excluding hydrogens is 231 g/mol. The molecule has 0 saturated heterocycles. The van der Waals surface area contributed by atoms with E-state index in [0.717, 1.165) is 0 Å².